The number of nitrogens with zero attached hydrogens (tertiary/aromatic N) is 3. The van der Waals surface area contributed by atoms with Crippen LogP contribution in [0.5, 0.6) is 0 Å². The SMILES string of the molecule is Cc1n[nH]c(C)c1CNc1cc(C2CC(N)C2)ncn1.Cl.Cl. The molecule has 2 aromatic rings. The van der Waals surface area contributed by atoms with Gasteiger partial charge in [0.2, 0.25) is 0 Å². The number of halogens is 2. The van der Waals surface area contributed by atoms with Gasteiger partial charge in [-0.05, 0) is 26.7 Å². The summed E-state index contributed by atoms with van der Waals surface area (Å²) in [5, 5.41) is 10.5. The van der Waals surface area contributed by atoms with Gasteiger partial charge in [0.1, 0.15) is 12.1 Å². The maximum absolute atomic E-state index is 5.83. The van der Waals surface area contributed by atoms with Gasteiger partial charge in [-0.2, -0.15) is 5.10 Å². The average Bonchev–Trinajstić information content (AvgIpc) is 2.73. The summed E-state index contributed by atoms with van der Waals surface area (Å²) in [6.07, 6.45) is 3.67. The molecule has 1 aliphatic rings. The largest absolute Gasteiger partial charge is 0.366 e. The van der Waals surface area contributed by atoms with Gasteiger partial charge in [0.15, 0.2) is 0 Å². The van der Waals surface area contributed by atoms with E-state index in [4.69, 9.17) is 5.73 Å². The highest BCUT2D eigenvalue weighted by Gasteiger charge is 2.28. The Morgan fingerprint density at radius 2 is 2.00 bits per heavy atom. The van der Waals surface area contributed by atoms with Gasteiger partial charge >= 0.3 is 0 Å². The Hall–Kier alpha value is -1.37. The molecule has 4 N–H and O–H groups in total. The molecule has 1 saturated carbocycles. The summed E-state index contributed by atoms with van der Waals surface area (Å²) in [6, 6.07) is 2.36. The summed E-state index contributed by atoms with van der Waals surface area (Å²) in [5.74, 6) is 1.35. The molecule has 0 bridgehead atoms. The Labute approximate surface area is 142 Å². The molecule has 2 heterocycles. The average molecular weight is 345 g/mol. The summed E-state index contributed by atoms with van der Waals surface area (Å²) in [6.45, 7) is 4.74. The van der Waals surface area contributed by atoms with Crippen molar-refractivity contribution in [3.63, 3.8) is 0 Å². The molecule has 0 unspecified atom stereocenters. The lowest BCUT2D eigenvalue weighted by Gasteiger charge is -2.31. The zero-order valence-corrected chi connectivity index (χ0v) is 14.3. The molecular formula is C14H22Cl2N6. The van der Waals surface area contributed by atoms with Gasteiger partial charge in [0.25, 0.3) is 0 Å². The molecular weight excluding hydrogens is 323 g/mol. The number of hydrogen-bond acceptors (Lipinski definition) is 5. The molecule has 22 heavy (non-hydrogen) atoms. The number of aryl methyl sites for hydroxylation is 2. The van der Waals surface area contributed by atoms with Crippen molar-refractivity contribution in [1.29, 1.82) is 0 Å². The Morgan fingerprint density at radius 3 is 2.59 bits per heavy atom. The number of H-pyrrole nitrogens is 1. The normalized spacial score (nSPS) is 19.6. The molecule has 0 aromatic carbocycles. The number of aromatic nitrogens is 4. The molecule has 6 nitrogen and oxygen atoms in total. The topological polar surface area (TPSA) is 92.5 Å². The molecule has 0 amide bonds. The molecule has 122 valence electrons. The maximum Gasteiger partial charge on any atom is 0.129 e. The molecule has 0 atom stereocenters. The molecule has 0 radical (unpaired) electrons. The van der Waals surface area contributed by atoms with Crippen LogP contribution in [-0.4, -0.2) is 26.2 Å². The first-order chi connectivity index (χ1) is 9.63. The Morgan fingerprint density at radius 1 is 1.27 bits per heavy atom. The van der Waals surface area contributed by atoms with Gasteiger partial charge in [-0.25, -0.2) is 9.97 Å². The molecule has 0 spiro atoms. The van der Waals surface area contributed by atoms with Crippen LogP contribution in [0.4, 0.5) is 5.82 Å². The third-order valence-corrected chi connectivity index (χ3v) is 4.01. The van der Waals surface area contributed by atoms with Gasteiger partial charge in [-0.3, -0.25) is 5.10 Å². The predicted octanol–water partition coefficient (Wildman–Crippen LogP) is 2.48. The molecule has 0 aliphatic heterocycles. The van der Waals surface area contributed by atoms with Crippen LogP contribution < -0.4 is 11.1 Å². The van der Waals surface area contributed by atoms with E-state index in [2.05, 4.69) is 25.5 Å². The van der Waals surface area contributed by atoms with Crippen molar-refractivity contribution in [3.8, 4) is 0 Å². The quantitative estimate of drug-likeness (QED) is 0.792. The first kappa shape index (κ1) is 18.7. The lowest BCUT2D eigenvalue weighted by Crippen LogP contribution is -2.35. The highest BCUT2D eigenvalue weighted by molar-refractivity contribution is 5.85. The second-order valence-corrected chi connectivity index (χ2v) is 5.52. The summed E-state index contributed by atoms with van der Waals surface area (Å²) < 4.78 is 0. The van der Waals surface area contributed by atoms with Crippen LogP contribution in [0.2, 0.25) is 0 Å². The molecule has 3 rings (SSSR count). The summed E-state index contributed by atoms with van der Waals surface area (Å²) in [7, 11) is 0. The number of rotatable bonds is 4. The van der Waals surface area contributed by atoms with E-state index in [9.17, 15) is 0 Å². The fourth-order valence-electron chi connectivity index (χ4n) is 2.61. The third kappa shape index (κ3) is 3.88. The smallest absolute Gasteiger partial charge is 0.129 e. The minimum Gasteiger partial charge on any atom is -0.366 e. The Balaban J connectivity index is 0.00000121. The zero-order valence-electron chi connectivity index (χ0n) is 12.7. The summed E-state index contributed by atoms with van der Waals surface area (Å²) in [4.78, 5) is 8.62. The van der Waals surface area contributed by atoms with Crippen LogP contribution >= 0.6 is 24.8 Å². The van der Waals surface area contributed by atoms with E-state index in [1.165, 1.54) is 5.56 Å². The van der Waals surface area contributed by atoms with Gasteiger partial charge in [-0.15, -0.1) is 24.8 Å². The van der Waals surface area contributed by atoms with Crippen LogP contribution in [0.15, 0.2) is 12.4 Å². The van der Waals surface area contributed by atoms with Gasteiger partial charge in [0, 0.05) is 41.5 Å². The molecule has 1 aliphatic carbocycles. The number of nitrogens with two attached hydrogens (primary N) is 1. The van der Waals surface area contributed by atoms with E-state index in [1.807, 2.05) is 19.9 Å². The second kappa shape index (κ2) is 7.76. The maximum atomic E-state index is 5.83. The molecule has 0 saturated heterocycles. The third-order valence-electron chi connectivity index (χ3n) is 4.01. The lowest BCUT2D eigenvalue weighted by atomic mass is 9.79. The van der Waals surface area contributed by atoms with E-state index >= 15 is 0 Å². The zero-order chi connectivity index (χ0) is 14.1. The minimum absolute atomic E-state index is 0. The fourth-order valence-corrected chi connectivity index (χ4v) is 2.61. The number of nitrogens with one attached hydrogen (secondary N) is 2. The monoisotopic (exact) mass is 344 g/mol. The van der Waals surface area contributed by atoms with Crippen LogP contribution in [0.1, 0.15) is 41.4 Å². The Kier molecular flexibility index (Phi) is 6.59. The second-order valence-electron chi connectivity index (χ2n) is 5.52. The first-order valence-electron chi connectivity index (χ1n) is 6.95. The molecule has 8 heteroatoms. The van der Waals surface area contributed by atoms with Crippen molar-refractivity contribution >= 4 is 30.6 Å². The van der Waals surface area contributed by atoms with Crippen LogP contribution in [0.3, 0.4) is 0 Å². The van der Waals surface area contributed by atoms with Crippen molar-refractivity contribution in [3.05, 3.63) is 35.0 Å². The molecule has 2 aromatic heterocycles. The summed E-state index contributed by atoms with van der Waals surface area (Å²) in [5.41, 5.74) is 10.2. The first-order valence-corrected chi connectivity index (χ1v) is 6.95. The van der Waals surface area contributed by atoms with Crippen molar-refractivity contribution in [2.45, 2.75) is 45.2 Å². The van der Waals surface area contributed by atoms with Crippen LogP contribution in [0.25, 0.3) is 0 Å². The fraction of sp³-hybridized carbons (Fsp3) is 0.500. The van der Waals surface area contributed by atoms with Gasteiger partial charge in [-0.1, -0.05) is 0 Å². The number of aromatic amines is 1. The van der Waals surface area contributed by atoms with Crippen LogP contribution in [-0.2, 0) is 6.54 Å². The van der Waals surface area contributed by atoms with Crippen molar-refractivity contribution in [2.75, 3.05) is 5.32 Å². The number of hydrogen-bond donors (Lipinski definition) is 3. The van der Waals surface area contributed by atoms with Crippen molar-refractivity contribution in [1.82, 2.24) is 20.2 Å². The lowest BCUT2D eigenvalue weighted by molar-refractivity contribution is 0.345. The van der Waals surface area contributed by atoms with Gasteiger partial charge < -0.3 is 11.1 Å². The molecule has 1 fully saturated rings. The number of anilines is 1. The minimum atomic E-state index is 0. The van der Waals surface area contributed by atoms with Crippen molar-refractivity contribution in [2.24, 2.45) is 5.73 Å². The Bertz CT molecular complexity index is 590. The predicted molar refractivity (Wildman–Crippen MR) is 91.9 cm³/mol. The standard InChI is InChI=1S/C14H20N6.2ClH/c1-8-12(9(2)20-19-8)6-16-14-5-13(17-7-18-14)10-3-11(15)4-10;;/h5,7,10-11H,3-4,6,15H2,1-2H3,(H,19,20)(H,16,17,18);2*1H. The van der Waals surface area contributed by atoms with E-state index < -0.39 is 0 Å². The van der Waals surface area contributed by atoms with E-state index in [-0.39, 0.29) is 24.8 Å². The van der Waals surface area contributed by atoms with E-state index in [0.717, 1.165) is 42.3 Å². The van der Waals surface area contributed by atoms with E-state index in [1.54, 1.807) is 6.33 Å². The highest BCUT2D eigenvalue weighted by Crippen LogP contribution is 2.34. The van der Waals surface area contributed by atoms with E-state index in [0.29, 0.717) is 12.0 Å². The van der Waals surface area contributed by atoms with Gasteiger partial charge in [0.05, 0.1) is 5.69 Å². The highest BCUT2D eigenvalue weighted by atomic mass is 35.5. The summed E-state index contributed by atoms with van der Waals surface area (Å²) >= 11 is 0. The van der Waals surface area contributed by atoms with Crippen molar-refractivity contribution < 1.29 is 0 Å². The van der Waals surface area contributed by atoms with Crippen LogP contribution in [0, 0.1) is 13.8 Å².